The van der Waals surface area contributed by atoms with E-state index in [2.05, 4.69) is 10.7 Å². The zero-order valence-corrected chi connectivity index (χ0v) is 16.9. The summed E-state index contributed by atoms with van der Waals surface area (Å²) in [4.78, 5) is 30.1. The zero-order chi connectivity index (χ0) is 22.2. The van der Waals surface area contributed by atoms with E-state index in [0.29, 0.717) is 30.8 Å². The van der Waals surface area contributed by atoms with E-state index in [1.54, 1.807) is 23.4 Å². The number of carbonyl (C=O) groups is 2. The van der Waals surface area contributed by atoms with Crippen molar-refractivity contribution in [1.82, 2.24) is 14.5 Å². The summed E-state index contributed by atoms with van der Waals surface area (Å²) >= 11 is 0. The predicted octanol–water partition coefficient (Wildman–Crippen LogP) is -1.49. The van der Waals surface area contributed by atoms with Gasteiger partial charge in [-0.25, -0.2) is 9.78 Å². The molecule has 1 fully saturated rings. The summed E-state index contributed by atoms with van der Waals surface area (Å²) in [5.41, 5.74) is 4.80. The summed E-state index contributed by atoms with van der Waals surface area (Å²) in [6, 6.07) is 3.20. The summed E-state index contributed by atoms with van der Waals surface area (Å²) in [7, 11) is 0. The third kappa shape index (κ3) is 4.50. The minimum Gasteiger partial charge on any atom is -0.669 e. The number of ether oxygens (including phenoxy) is 1. The fourth-order valence-electron chi connectivity index (χ4n) is 3.80. The average Bonchev–Trinajstić information content (AvgIpc) is 3.09. The van der Waals surface area contributed by atoms with Crippen molar-refractivity contribution in [2.45, 2.75) is 31.8 Å². The number of carboxylic acids is 1. The second-order valence-electron chi connectivity index (χ2n) is 7.92. The van der Waals surface area contributed by atoms with E-state index in [0.717, 1.165) is 13.1 Å². The zero-order valence-electron chi connectivity index (χ0n) is 16.9. The van der Waals surface area contributed by atoms with Crippen molar-refractivity contribution >= 4 is 18.6 Å². The van der Waals surface area contributed by atoms with Gasteiger partial charge in [-0.3, -0.25) is 4.79 Å². The number of aromatic carboxylic acids is 1. The monoisotopic (exact) mass is 432 g/mol. The average molecular weight is 432 g/mol. The summed E-state index contributed by atoms with van der Waals surface area (Å²) in [6.45, 7) is -0.975. The molecule has 1 amide bonds. The van der Waals surface area contributed by atoms with E-state index in [4.69, 9.17) is 9.39 Å². The quantitative estimate of drug-likeness (QED) is 0.385. The number of quaternary nitrogens is 1. The van der Waals surface area contributed by atoms with Crippen LogP contribution in [-0.4, -0.2) is 74.0 Å². The van der Waals surface area contributed by atoms with Crippen molar-refractivity contribution in [3.8, 4) is 11.5 Å². The molecule has 0 spiro atoms. The Bertz CT molecular complexity index is 1000. The van der Waals surface area contributed by atoms with Crippen LogP contribution in [0.2, 0.25) is 6.32 Å². The molecule has 0 aliphatic carbocycles. The summed E-state index contributed by atoms with van der Waals surface area (Å²) in [6.07, 6.45) is 3.61. The van der Waals surface area contributed by atoms with Crippen LogP contribution in [0, 0.1) is 0 Å². The topological polar surface area (TPSA) is 162 Å². The van der Waals surface area contributed by atoms with Gasteiger partial charge in [0.25, 0.3) is 0 Å². The van der Waals surface area contributed by atoms with Gasteiger partial charge in [-0.1, -0.05) is 12.4 Å². The van der Waals surface area contributed by atoms with E-state index in [-0.39, 0.29) is 41.8 Å². The first-order valence-electron chi connectivity index (χ1n) is 10.2. The maximum Gasteiger partial charge on any atom is 0.430 e. The van der Waals surface area contributed by atoms with Crippen LogP contribution in [-0.2, 0) is 24.2 Å². The Morgan fingerprint density at radius 2 is 2.10 bits per heavy atom. The number of amides is 1. The lowest BCUT2D eigenvalue weighted by molar-refractivity contribution is -0.369. The summed E-state index contributed by atoms with van der Waals surface area (Å²) < 4.78 is 12.9. The molecular formula is C19H25BN4O7. The molecule has 3 heterocycles. The smallest absolute Gasteiger partial charge is 0.430 e. The number of hydrogen-bond acceptors (Lipinski definition) is 7. The first-order valence-corrected chi connectivity index (χ1v) is 10.2. The molecule has 4 rings (SSSR count). The van der Waals surface area contributed by atoms with Crippen LogP contribution >= 0.6 is 0 Å². The maximum absolute atomic E-state index is 12.4. The lowest BCUT2D eigenvalue weighted by Gasteiger charge is -2.40. The Kier molecular flexibility index (Phi) is 5.61. The number of rotatable bonds is 7. The lowest BCUT2D eigenvalue weighted by atomic mass is 9.70. The van der Waals surface area contributed by atoms with Crippen molar-refractivity contribution < 1.29 is 39.9 Å². The molecule has 12 heteroatoms. The van der Waals surface area contributed by atoms with E-state index >= 15 is 0 Å². The SMILES string of the molecule is [NH3+]CCn1cnc(CC(=O)N2CC(Oc3ccc4c(c3C(=O)O)O[B-](O)(O)CC4)C2)c1. The van der Waals surface area contributed by atoms with Gasteiger partial charge in [0.15, 0.2) is 0 Å². The summed E-state index contributed by atoms with van der Waals surface area (Å²) in [5, 5.41) is 29.3. The third-order valence-corrected chi connectivity index (χ3v) is 5.44. The molecule has 2 aromatic rings. The number of aryl methyl sites for hydroxylation is 1. The van der Waals surface area contributed by atoms with Crippen molar-refractivity contribution in [1.29, 1.82) is 0 Å². The van der Waals surface area contributed by atoms with E-state index in [1.807, 2.05) is 10.8 Å². The van der Waals surface area contributed by atoms with Crippen LogP contribution in [0.1, 0.15) is 21.6 Å². The Hall–Kier alpha value is -3.09. The van der Waals surface area contributed by atoms with Crippen LogP contribution in [0.5, 0.6) is 11.5 Å². The first-order chi connectivity index (χ1) is 14.8. The standard InChI is InChI=1S/C19H24BN4O7/c21-5-6-23-8-13(22-11-23)7-16(25)24-9-14(10-24)30-15-2-1-12-3-4-20(28,29)31-18(12)17(15)19(26)27/h1-2,8,11,14,28-29H,3-7,9-10,21H2,(H,26,27)/q-1/p+1. The highest BCUT2D eigenvalue weighted by Gasteiger charge is 2.36. The molecule has 0 radical (unpaired) electrons. The minimum atomic E-state index is -3.10. The van der Waals surface area contributed by atoms with Gasteiger partial charge in [-0.15, -0.1) is 0 Å². The van der Waals surface area contributed by atoms with Crippen LogP contribution in [0.4, 0.5) is 0 Å². The van der Waals surface area contributed by atoms with E-state index in [9.17, 15) is 24.7 Å². The second kappa shape index (κ2) is 8.21. The van der Waals surface area contributed by atoms with Crippen LogP contribution in [0.3, 0.4) is 0 Å². The Morgan fingerprint density at radius 3 is 2.81 bits per heavy atom. The first kappa shape index (κ1) is 21.2. The fourth-order valence-corrected chi connectivity index (χ4v) is 3.80. The third-order valence-electron chi connectivity index (χ3n) is 5.44. The van der Waals surface area contributed by atoms with Gasteiger partial charge in [0, 0.05) is 6.20 Å². The molecule has 0 saturated carbocycles. The number of likely N-dealkylation sites (tertiary alicyclic amines) is 1. The van der Waals surface area contributed by atoms with Crippen LogP contribution < -0.4 is 15.1 Å². The Morgan fingerprint density at radius 1 is 1.32 bits per heavy atom. The number of nitrogens with zero attached hydrogens (tertiary/aromatic N) is 3. The molecule has 0 atom stereocenters. The van der Waals surface area contributed by atoms with Gasteiger partial charge in [-0.05, 0) is 18.1 Å². The molecule has 2 aliphatic rings. The Labute approximate surface area is 178 Å². The molecule has 1 aromatic heterocycles. The normalized spacial score (nSPS) is 17.5. The highest BCUT2D eigenvalue weighted by atomic mass is 16.6. The van der Waals surface area contributed by atoms with Gasteiger partial charge in [0.2, 0.25) is 5.91 Å². The van der Waals surface area contributed by atoms with Gasteiger partial charge < -0.3 is 39.7 Å². The number of fused-ring (bicyclic) bond motifs is 1. The molecule has 166 valence electrons. The second-order valence-corrected chi connectivity index (χ2v) is 7.92. The van der Waals surface area contributed by atoms with Gasteiger partial charge in [0.05, 0.1) is 50.4 Å². The number of imidazole rings is 1. The van der Waals surface area contributed by atoms with Gasteiger partial charge in [0.1, 0.15) is 17.4 Å². The molecule has 6 N–H and O–H groups in total. The van der Waals surface area contributed by atoms with Crippen molar-refractivity contribution in [2.75, 3.05) is 19.6 Å². The van der Waals surface area contributed by atoms with E-state index < -0.39 is 12.7 Å². The Balaban J connectivity index is 1.39. The number of benzene rings is 1. The largest absolute Gasteiger partial charge is 0.669 e. The molecular weight excluding hydrogens is 407 g/mol. The molecule has 2 aliphatic heterocycles. The highest BCUT2D eigenvalue weighted by Crippen LogP contribution is 2.38. The van der Waals surface area contributed by atoms with Gasteiger partial charge in [-0.2, -0.15) is 0 Å². The molecule has 1 aromatic carbocycles. The van der Waals surface area contributed by atoms with Crippen LogP contribution in [0.25, 0.3) is 0 Å². The van der Waals surface area contributed by atoms with Crippen LogP contribution in [0.15, 0.2) is 24.7 Å². The molecule has 31 heavy (non-hydrogen) atoms. The van der Waals surface area contributed by atoms with E-state index in [1.165, 1.54) is 0 Å². The van der Waals surface area contributed by atoms with Crippen molar-refractivity contribution in [3.05, 3.63) is 41.5 Å². The lowest BCUT2D eigenvalue weighted by Crippen LogP contribution is -2.56. The van der Waals surface area contributed by atoms with Crippen molar-refractivity contribution in [2.24, 2.45) is 0 Å². The predicted molar refractivity (Wildman–Crippen MR) is 107 cm³/mol. The number of carboxylic acid groups (broad SMARTS) is 1. The molecule has 0 unspecified atom stereocenters. The fraction of sp³-hybridized carbons (Fsp3) is 0.421. The number of carbonyl (C=O) groups excluding carboxylic acids is 1. The molecule has 11 nitrogen and oxygen atoms in total. The number of hydrogen-bond donors (Lipinski definition) is 4. The maximum atomic E-state index is 12.4. The summed E-state index contributed by atoms with van der Waals surface area (Å²) in [5.74, 6) is -1.37. The molecule has 1 saturated heterocycles. The number of aromatic nitrogens is 2. The minimum absolute atomic E-state index is 0.000463. The van der Waals surface area contributed by atoms with Crippen molar-refractivity contribution in [3.63, 3.8) is 0 Å². The van der Waals surface area contributed by atoms with Gasteiger partial charge >= 0.3 is 12.7 Å². The molecule has 0 bridgehead atoms. The highest BCUT2D eigenvalue weighted by molar-refractivity contribution is 6.59.